The van der Waals surface area contributed by atoms with Crippen molar-refractivity contribution < 1.29 is 29.4 Å². The summed E-state index contributed by atoms with van der Waals surface area (Å²) < 4.78 is 0. The summed E-state index contributed by atoms with van der Waals surface area (Å²) in [5, 5.41) is 25.7. The number of aromatic amines is 1. The molecular weight excluding hydrogens is 372 g/mol. The summed E-state index contributed by atoms with van der Waals surface area (Å²) in [6.07, 6.45) is 1.58. The molecule has 5 atom stereocenters. The van der Waals surface area contributed by atoms with Crippen molar-refractivity contribution in [1.29, 1.82) is 0 Å². The number of carboxylic acid groups (broad SMARTS) is 1. The second kappa shape index (κ2) is 10.4. The first kappa shape index (κ1) is 23.0. The molecule has 3 amide bonds. The molecule has 1 aromatic heterocycles. The Balaban J connectivity index is 2.92. The van der Waals surface area contributed by atoms with Crippen LogP contribution in [0.5, 0.6) is 0 Å². The maximum absolute atomic E-state index is 12.7. The fourth-order valence-corrected chi connectivity index (χ4v) is 2.15. The predicted octanol–water partition coefficient (Wildman–Crippen LogP) is -2.76. The molecule has 0 aliphatic heterocycles. The molecule has 5 unspecified atom stereocenters. The van der Waals surface area contributed by atoms with Gasteiger partial charge in [0.05, 0.1) is 18.5 Å². The monoisotopic (exact) mass is 398 g/mol. The van der Waals surface area contributed by atoms with Crippen LogP contribution >= 0.6 is 0 Å². The summed E-state index contributed by atoms with van der Waals surface area (Å²) in [4.78, 5) is 54.3. The number of carbonyl (C=O) groups excluding carboxylic acids is 3. The fraction of sp³-hybridized carbons (Fsp3) is 0.562. The minimum atomic E-state index is -1.43. The smallest absolute Gasteiger partial charge is 0.325 e. The Morgan fingerprint density at radius 2 is 1.75 bits per heavy atom. The number of rotatable bonds is 10. The van der Waals surface area contributed by atoms with Gasteiger partial charge in [0.15, 0.2) is 0 Å². The molecule has 0 radical (unpaired) electrons. The quantitative estimate of drug-likeness (QED) is 0.220. The Morgan fingerprint density at radius 3 is 2.21 bits per heavy atom. The highest BCUT2D eigenvalue weighted by Crippen LogP contribution is 2.02. The molecule has 1 aromatic rings. The summed E-state index contributed by atoms with van der Waals surface area (Å²) in [7, 11) is 0. The van der Waals surface area contributed by atoms with E-state index in [1.807, 2.05) is 0 Å². The standard InChI is InChI=1S/C16H26N6O6/c1-7(17)13(24)21-11(4-10-5-18-6-19-10)14(25)22-12(9(3)23)15(26)20-8(2)16(27)28/h5-9,11-12,23H,4,17H2,1-3H3,(H,18,19)(H,20,26)(H,21,24)(H,22,25)(H,27,28). The number of H-pyrrole nitrogens is 1. The molecule has 12 heteroatoms. The van der Waals surface area contributed by atoms with Gasteiger partial charge in [-0.05, 0) is 20.8 Å². The van der Waals surface area contributed by atoms with E-state index < -0.39 is 54.0 Å². The van der Waals surface area contributed by atoms with E-state index in [9.17, 15) is 24.3 Å². The molecule has 0 spiro atoms. The van der Waals surface area contributed by atoms with Crippen molar-refractivity contribution in [2.75, 3.05) is 0 Å². The van der Waals surface area contributed by atoms with Crippen molar-refractivity contribution in [3.05, 3.63) is 18.2 Å². The lowest BCUT2D eigenvalue weighted by Crippen LogP contribution is -2.59. The zero-order chi connectivity index (χ0) is 21.4. The maximum Gasteiger partial charge on any atom is 0.325 e. The number of aliphatic carboxylic acids is 1. The van der Waals surface area contributed by atoms with Crippen LogP contribution in [0.25, 0.3) is 0 Å². The van der Waals surface area contributed by atoms with E-state index in [1.165, 1.54) is 33.3 Å². The second-order valence-electron chi connectivity index (χ2n) is 6.43. The topological polar surface area (TPSA) is 200 Å². The third-order valence-electron chi connectivity index (χ3n) is 3.82. The molecule has 0 aliphatic rings. The lowest BCUT2D eigenvalue weighted by Gasteiger charge is -2.25. The Hall–Kier alpha value is -2.99. The number of aliphatic hydroxyl groups is 1. The lowest BCUT2D eigenvalue weighted by molar-refractivity contribution is -0.142. The van der Waals surface area contributed by atoms with Gasteiger partial charge in [0.2, 0.25) is 17.7 Å². The van der Waals surface area contributed by atoms with Gasteiger partial charge in [0.1, 0.15) is 18.1 Å². The van der Waals surface area contributed by atoms with Crippen molar-refractivity contribution in [3.8, 4) is 0 Å². The van der Waals surface area contributed by atoms with Crippen LogP contribution in [-0.2, 0) is 25.6 Å². The number of nitrogens with two attached hydrogens (primary N) is 1. The van der Waals surface area contributed by atoms with Crippen molar-refractivity contribution in [1.82, 2.24) is 25.9 Å². The molecule has 0 bridgehead atoms. The normalized spacial score (nSPS) is 16.2. The van der Waals surface area contributed by atoms with Crippen LogP contribution in [-0.4, -0.2) is 74.1 Å². The molecule has 0 fully saturated rings. The summed E-state index contributed by atoms with van der Waals surface area (Å²) >= 11 is 0. The zero-order valence-electron chi connectivity index (χ0n) is 15.8. The minimum absolute atomic E-state index is 0.0317. The first-order chi connectivity index (χ1) is 13.0. The van der Waals surface area contributed by atoms with Gasteiger partial charge in [-0.2, -0.15) is 0 Å². The van der Waals surface area contributed by atoms with Gasteiger partial charge >= 0.3 is 5.97 Å². The number of hydrogen-bond donors (Lipinski definition) is 7. The molecule has 1 rings (SSSR count). The molecule has 8 N–H and O–H groups in total. The predicted molar refractivity (Wildman–Crippen MR) is 96.7 cm³/mol. The summed E-state index contributed by atoms with van der Waals surface area (Å²) in [5.74, 6) is -3.49. The molecule has 0 saturated carbocycles. The Kier molecular flexibility index (Phi) is 8.54. The zero-order valence-corrected chi connectivity index (χ0v) is 15.8. The molecule has 1 heterocycles. The van der Waals surface area contributed by atoms with E-state index in [0.29, 0.717) is 5.69 Å². The van der Waals surface area contributed by atoms with Crippen molar-refractivity contribution in [2.45, 2.75) is 57.5 Å². The summed E-state index contributed by atoms with van der Waals surface area (Å²) in [6.45, 7) is 3.95. The van der Waals surface area contributed by atoms with Gasteiger partial charge in [-0.15, -0.1) is 0 Å². The molecule has 0 aromatic carbocycles. The number of carbonyl (C=O) groups is 4. The first-order valence-corrected chi connectivity index (χ1v) is 8.57. The Morgan fingerprint density at radius 1 is 1.11 bits per heavy atom. The summed E-state index contributed by atoms with van der Waals surface area (Å²) in [6, 6.07) is -4.62. The number of aromatic nitrogens is 2. The van der Waals surface area contributed by atoms with Gasteiger partial charge in [0, 0.05) is 18.3 Å². The second-order valence-corrected chi connectivity index (χ2v) is 6.43. The van der Waals surface area contributed by atoms with Crippen LogP contribution in [0.1, 0.15) is 26.5 Å². The Labute approximate surface area is 161 Å². The highest BCUT2D eigenvalue weighted by Gasteiger charge is 2.31. The van der Waals surface area contributed by atoms with E-state index in [0.717, 1.165) is 0 Å². The number of imidazole rings is 1. The molecule has 0 aliphatic carbocycles. The van der Waals surface area contributed by atoms with Gasteiger partial charge in [0.25, 0.3) is 0 Å². The third kappa shape index (κ3) is 6.96. The van der Waals surface area contributed by atoms with Crippen molar-refractivity contribution in [2.24, 2.45) is 5.73 Å². The van der Waals surface area contributed by atoms with Crippen LogP contribution in [0, 0.1) is 0 Å². The lowest BCUT2D eigenvalue weighted by atomic mass is 10.1. The molecule has 0 saturated heterocycles. The number of nitrogens with zero attached hydrogens (tertiary/aromatic N) is 1. The largest absolute Gasteiger partial charge is 0.480 e. The van der Waals surface area contributed by atoms with Gasteiger partial charge in [-0.25, -0.2) is 4.98 Å². The SMILES string of the molecule is CC(N)C(=O)NC(Cc1cnc[nH]1)C(=O)NC(C(=O)NC(C)C(=O)O)C(C)O. The third-order valence-corrected chi connectivity index (χ3v) is 3.82. The van der Waals surface area contributed by atoms with Crippen molar-refractivity contribution >= 4 is 23.7 Å². The highest BCUT2D eigenvalue weighted by atomic mass is 16.4. The van der Waals surface area contributed by atoms with Crippen LogP contribution in [0.4, 0.5) is 0 Å². The van der Waals surface area contributed by atoms with Crippen LogP contribution in [0.2, 0.25) is 0 Å². The molecule has 156 valence electrons. The first-order valence-electron chi connectivity index (χ1n) is 8.57. The van der Waals surface area contributed by atoms with E-state index in [-0.39, 0.29) is 6.42 Å². The Bertz CT molecular complexity index is 690. The number of nitrogens with one attached hydrogen (secondary N) is 4. The van der Waals surface area contributed by atoms with E-state index >= 15 is 0 Å². The average Bonchev–Trinajstić information content (AvgIpc) is 3.11. The van der Waals surface area contributed by atoms with E-state index in [2.05, 4.69) is 25.9 Å². The number of aliphatic hydroxyl groups excluding tert-OH is 1. The van der Waals surface area contributed by atoms with Gasteiger partial charge in [-0.3, -0.25) is 19.2 Å². The number of hydrogen-bond acceptors (Lipinski definition) is 7. The molecule has 12 nitrogen and oxygen atoms in total. The molecular formula is C16H26N6O6. The van der Waals surface area contributed by atoms with Crippen LogP contribution < -0.4 is 21.7 Å². The van der Waals surface area contributed by atoms with Gasteiger partial charge in [-0.1, -0.05) is 0 Å². The minimum Gasteiger partial charge on any atom is -0.480 e. The number of carboxylic acids is 1. The number of amides is 3. The highest BCUT2D eigenvalue weighted by molar-refractivity contribution is 5.94. The van der Waals surface area contributed by atoms with E-state index in [4.69, 9.17) is 10.8 Å². The molecule has 28 heavy (non-hydrogen) atoms. The van der Waals surface area contributed by atoms with Gasteiger partial charge < -0.3 is 36.9 Å². The summed E-state index contributed by atoms with van der Waals surface area (Å²) in [5.41, 5.74) is 6.06. The van der Waals surface area contributed by atoms with E-state index in [1.54, 1.807) is 0 Å². The van der Waals surface area contributed by atoms with Crippen molar-refractivity contribution in [3.63, 3.8) is 0 Å². The van der Waals surface area contributed by atoms with Crippen LogP contribution in [0.3, 0.4) is 0 Å². The maximum atomic E-state index is 12.7. The fourth-order valence-electron chi connectivity index (χ4n) is 2.15. The average molecular weight is 398 g/mol. The van der Waals surface area contributed by atoms with Crippen LogP contribution in [0.15, 0.2) is 12.5 Å².